The highest BCUT2D eigenvalue weighted by Crippen LogP contribution is 2.35. The molecule has 0 aliphatic heterocycles. The van der Waals surface area contributed by atoms with Crippen molar-refractivity contribution in [1.82, 2.24) is 4.98 Å². The molecule has 102 valence electrons. The van der Waals surface area contributed by atoms with Crippen LogP contribution in [0.4, 0.5) is 19.1 Å². The summed E-state index contributed by atoms with van der Waals surface area (Å²) in [4.78, 5) is 15.4. The van der Waals surface area contributed by atoms with Crippen LogP contribution < -0.4 is 5.32 Å². The number of anilines is 1. The second kappa shape index (κ2) is 4.86. The van der Waals surface area contributed by atoms with Gasteiger partial charge in [0.25, 0.3) is 0 Å². The van der Waals surface area contributed by atoms with Crippen LogP contribution in [-0.4, -0.2) is 17.1 Å². The lowest BCUT2D eigenvalue weighted by molar-refractivity contribution is -0.167. The molecule has 0 fully saturated rings. The molecular formula is C10H6ClF3N2O2S. The topological polar surface area (TPSA) is 55.1 Å². The van der Waals surface area contributed by atoms with Gasteiger partial charge in [0.15, 0.2) is 0 Å². The number of thiophene rings is 1. The van der Waals surface area contributed by atoms with Gasteiger partial charge in [0.1, 0.15) is 4.34 Å². The third-order valence-electron chi connectivity index (χ3n) is 2.04. The molecule has 2 heterocycles. The first-order valence-corrected chi connectivity index (χ1v) is 6.07. The summed E-state index contributed by atoms with van der Waals surface area (Å²) in [6, 6.07) is 1.69. The predicted molar refractivity (Wildman–Crippen MR) is 64.2 cm³/mol. The molecule has 0 saturated heterocycles. The number of amides is 1. The number of carbonyl (C=O) groups excluding carboxylic acids is 1. The number of alkyl halides is 3. The van der Waals surface area contributed by atoms with E-state index in [0.29, 0.717) is 9.90 Å². The van der Waals surface area contributed by atoms with E-state index in [0.717, 1.165) is 11.1 Å². The Morgan fingerprint density at radius 1 is 1.53 bits per heavy atom. The van der Waals surface area contributed by atoms with Gasteiger partial charge in [-0.3, -0.25) is 10.1 Å². The van der Waals surface area contributed by atoms with Gasteiger partial charge in [-0.1, -0.05) is 11.6 Å². The number of aromatic nitrogens is 1. The van der Waals surface area contributed by atoms with Crippen molar-refractivity contribution in [2.45, 2.75) is 13.1 Å². The lowest BCUT2D eigenvalue weighted by Gasteiger charge is -2.03. The highest BCUT2D eigenvalue weighted by atomic mass is 35.5. The maximum Gasteiger partial charge on any atom is 0.471 e. The Morgan fingerprint density at radius 2 is 2.21 bits per heavy atom. The average molecular weight is 311 g/mol. The normalized spacial score (nSPS) is 11.6. The first kappa shape index (κ1) is 13.9. The van der Waals surface area contributed by atoms with E-state index in [4.69, 9.17) is 16.0 Å². The van der Waals surface area contributed by atoms with Gasteiger partial charge in [-0.05, 0) is 13.0 Å². The Morgan fingerprint density at radius 3 is 2.74 bits per heavy atom. The van der Waals surface area contributed by atoms with Gasteiger partial charge in [0.05, 0.1) is 11.8 Å². The van der Waals surface area contributed by atoms with E-state index in [9.17, 15) is 18.0 Å². The summed E-state index contributed by atoms with van der Waals surface area (Å²) in [6.45, 7) is 1.81. The molecule has 0 saturated carbocycles. The maximum atomic E-state index is 12.0. The predicted octanol–water partition coefficient (Wildman–Crippen LogP) is 3.87. The van der Waals surface area contributed by atoms with Crippen molar-refractivity contribution in [2.24, 2.45) is 0 Å². The Kier molecular flexibility index (Phi) is 3.55. The average Bonchev–Trinajstić information content (AvgIpc) is 2.84. The number of aryl methyl sites for hydroxylation is 1. The number of oxazole rings is 1. The maximum absolute atomic E-state index is 12.0. The molecule has 2 rings (SSSR count). The molecule has 0 atom stereocenters. The molecule has 0 aliphatic carbocycles. The van der Waals surface area contributed by atoms with Crippen LogP contribution in [-0.2, 0) is 4.79 Å². The summed E-state index contributed by atoms with van der Waals surface area (Å²) >= 11 is 7.21. The molecule has 19 heavy (non-hydrogen) atoms. The molecule has 4 nitrogen and oxygen atoms in total. The third kappa shape index (κ3) is 3.07. The van der Waals surface area contributed by atoms with Gasteiger partial charge in [0, 0.05) is 4.88 Å². The number of rotatable bonds is 2. The zero-order chi connectivity index (χ0) is 14.2. The smallest absolute Gasteiger partial charge is 0.420 e. The number of carbonyl (C=O) groups is 1. The number of hydrogen-bond acceptors (Lipinski definition) is 4. The van der Waals surface area contributed by atoms with E-state index in [2.05, 4.69) is 4.98 Å². The molecule has 0 spiro atoms. The van der Waals surface area contributed by atoms with E-state index in [1.807, 2.05) is 6.92 Å². The Bertz CT molecular complexity index is 621. The molecule has 1 amide bonds. The monoisotopic (exact) mass is 310 g/mol. The van der Waals surface area contributed by atoms with Crippen molar-refractivity contribution in [3.63, 3.8) is 0 Å². The molecule has 1 N–H and O–H groups in total. The van der Waals surface area contributed by atoms with Crippen molar-refractivity contribution in [2.75, 3.05) is 5.32 Å². The Labute approximate surface area is 114 Å². The van der Waals surface area contributed by atoms with Crippen LogP contribution in [0.15, 0.2) is 16.7 Å². The van der Waals surface area contributed by atoms with Crippen molar-refractivity contribution in [3.8, 4) is 11.5 Å². The zero-order valence-electron chi connectivity index (χ0n) is 9.34. The van der Waals surface area contributed by atoms with Crippen molar-refractivity contribution in [1.29, 1.82) is 0 Å². The van der Waals surface area contributed by atoms with E-state index < -0.39 is 18.0 Å². The van der Waals surface area contributed by atoms with Crippen LogP contribution in [0.3, 0.4) is 0 Å². The standard InChI is InChI=1S/C10H6ClF3N2O2S/c1-4-2-5(7(11)19-4)8-15-3-6(18-8)16-9(17)10(12,13)14/h2-3H,1H3,(H,16,17). The summed E-state index contributed by atoms with van der Waals surface area (Å²) in [7, 11) is 0. The Hall–Kier alpha value is -1.54. The summed E-state index contributed by atoms with van der Waals surface area (Å²) in [5, 5.41) is 1.57. The van der Waals surface area contributed by atoms with Crippen LogP contribution >= 0.6 is 22.9 Å². The second-order valence-corrected chi connectivity index (χ2v) is 5.38. The molecule has 0 bridgehead atoms. The molecule has 9 heteroatoms. The summed E-state index contributed by atoms with van der Waals surface area (Å²) < 4.78 is 41.5. The molecule has 0 radical (unpaired) electrons. The summed E-state index contributed by atoms with van der Waals surface area (Å²) in [6.07, 6.45) is -3.99. The van der Waals surface area contributed by atoms with Gasteiger partial charge in [-0.2, -0.15) is 13.2 Å². The number of nitrogens with one attached hydrogen (secondary N) is 1. The van der Waals surface area contributed by atoms with Gasteiger partial charge < -0.3 is 4.42 Å². The molecule has 2 aromatic heterocycles. The van der Waals surface area contributed by atoms with Crippen molar-refractivity contribution in [3.05, 3.63) is 21.5 Å². The largest absolute Gasteiger partial charge is 0.471 e. The van der Waals surface area contributed by atoms with Crippen molar-refractivity contribution >= 4 is 34.7 Å². The summed E-state index contributed by atoms with van der Waals surface area (Å²) in [5.41, 5.74) is 0.469. The number of nitrogens with zero attached hydrogens (tertiary/aromatic N) is 1. The van der Waals surface area contributed by atoms with E-state index >= 15 is 0 Å². The van der Waals surface area contributed by atoms with Crippen LogP contribution in [0.5, 0.6) is 0 Å². The fraction of sp³-hybridized carbons (Fsp3) is 0.200. The fourth-order valence-corrected chi connectivity index (χ4v) is 2.49. The SMILES string of the molecule is Cc1cc(-c2ncc(NC(=O)C(F)(F)F)o2)c(Cl)s1. The van der Waals surface area contributed by atoms with E-state index in [-0.39, 0.29) is 5.89 Å². The minimum absolute atomic E-state index is 0.0480. The quantitative estimate of drug-likeness (QED) is 0.916. The number of hydrogen-bond donors (Lipinski definition) is 1. The highest BCUT2D eigenvalue weighted by Gasteiger charge is 2.39. The van der Waals surface area contributed by atoms with Crippen LogP contribution in [0.25, 0.3) is 11.5 Å². The fourth-order valence-electron chi connectivity index (χ4n) is 1.27. The first-order chi connectivity index (χ1) is 8.77. The van der Waals surface area contributed by atoms with Crippen molar-refractivity contribution < 1.29 is 22.4 Å². The van der Waals surface area contributed by atoms with Gasteiger partial charge >= 0.3 is 12.1 Å². The van der Waals surface area contributed by atoms with Gasteiger partial charge in [-0.25, -0.2) is 4.98 Å². The minimum atomic E-state index is -4.98. The Balaban J connectivity index is 2.20. The van der Waals surface area contributed by atoms with E-state index in [1.54, 1.807) is 11.4 Å². The van der Waals surface area contributed by atoms with Gasteiger partial charge in [-0.15, -0.1) is 11.3 Å². The molecular weight excluding hydrogens is 305 g/mol. The number of halogens is 4. The summed E-state index contributed by atoms with van der Waals surface area (Å²) in [5.74, 6) is -2.47. The first-order valence-electron chi connectivity index (χ1n) is 4.87. The van der Waals surface area contributed by atoms with Crippen LogP contribution in [0.1, 0.15) is 4.88 Å². The lowest BCUT2D eigenvalue weighted by Crippen LogP contribution is -2.29. The zero-order valence-corrected chi connectivity index (χ0v) is 10.9. The molecule has 0 aliphatic rings. The van der Waals surface area contributed by atoms with Gasteiger partial charge in [0.2, 0.25) is 11.8 Å². The lowest BCUT2D eigenvalue weighted by atomic mass is 10.3. The molecule has 0 aromatic carbocycles. The van der Waals surface area contributed by atoms with Crippen LogP contribution in [0.2, 0.25) is 4.34 Å². The highest BCUT2D eigenvalue weighted by molar-refractivity contribution is 7.16. The van der Waals surface area contributed by atoms with E-state index in [1.165, 1.54) is 11.3 Å². The minimum Gasteiger partial charge on any atom is -0.420 e. The molecule has 0 unspecified atom stereocenters. The third-order valence-corrected chi connectivity index (χ3v) is 3.31. The van der Waals surface area contributed by atoms with Crippen LogP contribution in [0, 0.1) is 6.92 Å². The second-order valence-electron chi connectivity index (χ2n) is 3.53. The molecule has 2 aromatic rings.